The van der Waals surface area contributed by atoms with E-state index in [0.717, 1.165) is 34.5 Å². The van der Waals surface area contributed by atoms with Crippen LogP contribution in [0.4, 0.5) is 5.82 Å². The summed E-state index contributed by atoms with van der Waals surface area (Å²) in [5.41, 5.74) is 7.35. The van der Waals surface area contributed by atoms with E-state index in [1.165, 1.54) is 0 Å². The molecule has 2 rings (SSSR count). The monoisotopic (exact) mass is 306 g/mol. The molecule has 2 aromatic rings. The van der Waals surface area contributed by atoms with Crippen molar-refractivity contribution in [3.63, 3.8) is 0 Å². The first-order chi connectivity index (χ1) is 8.79. The van der Waals surface area contributed by atoms with E-state index in [1.54, 1.807) is 0 Å². The molecular formula is C13H15BrN4. The molecule has 0 spiro atoms. The van der Waals surface area contributed by atoms with Crippen molar-refractivity contribution >= 4 is 21.7 Å². The van der Waals surface area contributed by atoms with Crippen molar-refractivity contribution in [3.8, 4) is 11.3 Å². The van der Waals surface area contributed by atoms with E-state index in [0.29, 0.717) is 6.54 Å². The van der Waals surface area contributed by atoms with Crippen molar-refractivity contribution in [2.24, 2.45) is 5.73 Å². The Morgan fingerprint density at radius 3 is 2.44 bits per heavy atom. The van der Waals surface area contributed by atoms with E-state index in [2.05, 4.69) is 31.4 Å². The summed E-state index contributed by atoms with van der Waals surface area (Å²) in [5.74, 6) is 0.782. The van der Waals surface area contributed by atoms with Crippen LogP contribution >= 0.6 is 15.9 Å². The quantitative estimate of drug-likeness (QED) is 0.834. The van der Waals surface area contributed by atoms with Crippen LogP contribution in [-0.4, -0.2) is 23.3 Å². The molecule has 0 saturated heterocycles. The van der Waals surface area contributed by atoms with Gasteiger partial charge in [0, 0.05) is 16.6 Å². The Morgan fingerprint density at radius 1 is 1.06 bits per heavy atom. The summed E-state index contributed by atoms with van der Waals surface area (Å²) in [6, 6.07) is 11.9. The Bertz CT molecular complexity index is 481. The first-order valence-electron chi connectivity index (χ1n) is 5.83. The minimum Gasteiger partial charge on any atom is -0.369 e. The third-order valence-corrected chi connectivity index (χ3v) is 3.02. The van der Waals surface area contributed by atoms with Crippen molar-refractivity contribution in [1.29, 1.82) is 0 Å². The standard InChI is InChI=1S/C13H15BrN4/c14-11-4-2-10(3-5-11)12-6-7-13(18-17-12)16-9-1-8-15/h2-7H,1,8-9,15H2,(H,16,18). The van der Waals surface area contributed by atoms with E-state index >= 15 is 0 Å². The molecule has 0 unspecified atom stereocenters. The smallest absolute Gasteiger partial charge is 0.148 e. The van der Waals surface area contributed by atoms with Crippen molar-refractivity contribution in [2.75, 3.05) is 18.4 Å². The molecule has 0 amide bonds. The van der Waals surface area contributed by atoms with Crippen molar-refractivity contribution in [3.05, 3.63) is 40.9 Å². The lowest BCUT2D eigenvalue weighted by Gasteiger charge is -2.05. The summed E-state index contributed by atoms with van der Waals surface area (Å²) in [6.07, 6.45) is 0.927. The number of halogens is 1. The minimum atomic E-state index is 0.678. The van der Waals surface area contributed by atoms with Gasteiger partial charge >= 0.3 is 0 Å². The van der Waals surface area contributed by atoms with Gasteiger partial charge in [0.1, 0.15) is 5.82 Å². The van der Waals surface area contributed by atoms with Crippen LogP contribution in [0.3, 0.4) is 0 Å². The Kier molecular flexibility index (Phi) is 4.66. The van der Waals surface area contributed by atoms with Crippen LogP contribution in [-0.2, 0) is 0 Å². The fourth-order valence-electron chi connectivity index (χ4n) is 1.52. The van der Waals surface area contributed by atoms with Gasteiger partial charge in [0.05, 0.1) is 5.69 Å². The molecule has 4 nitrogen and oxygen atoms in total. The number of hydrogen-bond acceptors (Lipinski definition) is 4. The Balaban J connectivity index is 2.05. The summed E-state index contributed by atoms with van der Waals surface area (Å²) in [5, 5.41) is 11.5. The molecule has 0 saturated carbocycles. The van der Waals surface area contributed by atoms with Gasteiger partial charge in [0.25, 0.3) is 0 Å². The highest BCUT2D eigenvalue weighted by Gasteiger charge is 2.00. The van der Waals surface area contributed by atoms with E-state index < -0.39 is 0 Å². The molecule has 3 N–H and O–H groups in total. The normalized spacial score (nSPS) is 10.3. The third-order valence-electron chi connectivity index (χ3n) is 2.49. The molecule has 0 radical (unpaired) electrons. The van der Waals surface area contributed by atoms with Crippen molar-refractivity contribution < 1.29 is 0 Å². The lowest BCUT2D eigenvalue weighted by Crippen LogP contribution is -2.09. The number of nitrogens with two attached hydrogens (primary N) is 1. The molecule has 0 fully saturated rings. The molecule has 0 aliphatic carbocycles. The predicted octanol–water partition coefficient (Wildman–Crippen LogP) is 2.67. The van der Waals surface area contributed by atoms with Gasteiger partial charge in [0.15, 0.2) is 0 Å². The molecule has 94 valence electrons. The largest absolute Gasteiger partial charge is 0.369 e. The Morgan fingerprint density at radius 2 is 1.83 bits per heavy atom. The fraction of sp³-hybridized carbons (Fsp3) is 0.231. The van der Waals surface area contributed by atoms with Gasteiger partial charge in [-0.25, -0.2) is 0 Å². The number of aromatic nitrogens is 2. The number of benzene rings is 1. The summed E-state index contributed by atoms with van der Waals surface area (Å²) in [7, 11) is 0. The van der Waals surface area contributed by atoms with Gasteiger partial charge < -0.3 is 11.1 Å². The number of nitrogens with one attached hydrogen (secondary N) is 1. The molecule has 5 heteroatoms. The zero-order chi connectivity index (χ0) is 12.8. The van der Waals surface area contributed by atoms with Crippen LogP contribution in [0.1, 0.15) is 6.42 Å². The van der Waals surface area contributed by atoms with Gasteiger partial charge in [0.2, 0.25) is 0 Å². The second-order valence-electron chi connectivity index (χ2n) is 3.88. The summed E-state index contributed by atoms with van der Waals surface area (Å²) < 4.78 is 1.05. The minimum absolute atomic E-state index is 0.678. The molecule has 0 aliphatic rings. The molecule has 1 aromatic carbocycles. The zero-order valence-electron chi connectivity index (χ0n) is 9.94. The number of rotatable bonds is 5. The number of hydrogen-bond donors (Lipinski definition) is 2. The van der Waals surface area contributed by atoms with Crippen LogP contribution in [0.5, 0.6) is 0 Å². The molecule has 0 bridgehead atoms. The third kappa shape index (κ3) is 3.51. The van der Waals surface area contributed by atoms with E-state index in [-0.39, 0.29) is 0 Å². The van der Waals surface area contributed by atoms with Gasteiger partial charge in [-0.3, -0.25) is 0 Å². The molecule has 1 aromatic heterocycles. The topological polar surface area (TPSA) is 63.8 Å². The Labute approximate surface area is 115 Å². The first kappa shape index (κ1) is 13.0. The van der Waals surface area contributed by atoms with Gasteiger partial charge in [-0.15, -0.1) is 10.2 Å². The number of anilines is 1. The fourth-order valence-corrected chi connectivity index (χ4v) is 1.78. The molecule has 0 atom stereocenters. The number of nitrogens with zero attached hydrogens (tertiary/aromatic N) is 2. The zero-order valence-corrected chi connectivity index (χ0v) is 11.5. The van der Waals surface area contributed by atoms with Crippen LogP contribution in [0.25, 0.3) is 11.3 Å². The molecular weight excluding hydrogens is 292 g/mol. The van der Waals surface area contributed by atoms with Crippen LogP contribution < -0.4 is 11.1 Å². The Hall–Kier alpha value is -1.46. The van der Waals surface area contributed by atoms with Gasteiger partial charge in [-0.2, -0.15) is 0 Å². The van der Waals surface area contributed by atoms with Gasteiger partial charge in [-0.1, -0.05) is 28.1 Å². The SMILES string of the molecule is NCCCNc1ccc(-c2ccc(Br)cc2)nn1. The van der Waals surface area contributed by atoms with E-state index in [9.17, 15) is 0 Å². The highest BCUT2D eigenvalue weighted by atomic mass is 79.9. The second-order valence-corrected chi connectivity index (χ2v) is 4.80. The maximum absolute atomic E-state index is 5.43. The van der Waals surface area contributed by atoms with Crippen LogP contribution in [0, 0.1) is 0 Å². The maximum atomic E-state index is 5.43. The average Bonchev–Trinajstić information content (AvgIpc) is 2.41. The van der Waals surface area contributed by atoms with E-state index in [1.807, 2.05) is 36.4 Å². The van der Waals surface area contributed by atoms with Crippen molar-refractivity contribution in [1.82, 2.24) is 10.2 Å². The van der Waals surface area contributed by atoms with Crippen LogP contribution in [0.2, 0.25) is 0 Å². The van der Waals surface area contributed by atoms with Crippen molar-refractivity contribution in [2.45, 2.75) is 6.42 Å². The maximum Gasteiger partial charge on any atom is 0.148 e. The highest BCUT2D eigenvalue weighted by molar-refractivity contribution is 9.10. The first-order valence-corrected chi connectivity index (χ1v) is 6.62. The van der Waals surface area contributed by atoms with Crippen LogP contribution in [0.15, 0.2) is 40.9 Å². The van der Waals surface area contributed by atoms with E-state index in [4.69, 9.17) is 5.73 Å². The lowest BCUT2D eigenvalue weighted by atomic mass is 10.1. The summed E-state index contributed by atoms with van der Waals surface area (Å²) >= 11 is 3.41. The summed E-state index contributed by atoms with van der Waals surface area (Å²) in [4.78, 5) is 0. The summed E-state index contributed by atoms with van der Waals surface area (Å²) in [6.45, 7) is 1.50. The lowest BCUT2D eigenvalue weighted by molar-refractivity contribution is 0.864. The molecule has 1 heterocycles. The molecule has 18 heavy (non-hydrogen) atoms. The van der Waals surface area contributed by atoms with Gasteiger partial charge in [-0.05, 0) is 37.2 Å². The average molecular weight is 307 g/mol. The predicted molar refractivity (Wildman–Crippen MR) is 77.3 cm³/mol. The highest BCUT2D eigenvalue weighted by Crippen LogP contribution is 2.19. The second kappa shape index (κ2) is 6.47. The molecule has 0 aliphatic heterocycles.